The largest absolute Gasteiger partial charge is 0.382 e. The molecule has 0 aliphatic carbocycles. The van der Waals surface area contributed by atoms with Crippen LogP contribution < -0.4 is 11.5 Å². The Morgan fingerprint density at radius 2 is 1.94 bits per heavy atom. The zero-order chi connectivity index (χ0) is 26.2. The number of hydrogen-bond donors (Lipinski definition) is 2. The number of nitrogen functional groups attached to an aromatic ring is 2. The third-order valence-electron chi connectivity index (χ3n) is 5.81. The lowest BCUT2D eigenvalue weighted by molar-refractivity contribution is -0.139. The molecule has 4 aromatic heterocycles. The van der Waals surface area contributed by atoms with E-state index >= 15 is 0 Å². The number of likely N-dealkylation sites (tertiary alicyclic amines) is 1. The monoisotopic (exact) mass is 507 g/mol. The zero-order valence-electron chi connectivity index (χ0n) is 19.7. The predicted octanol–water partition coefficient (Wildman–Crippen LogP) is 2.99. The molecule has 0 bridgehead atoms. The van der Waals surface area contributed by atoms with Gasteiger partial charge in [0, 0.05) is 19.9 Å². The molecule has 0 spiro atoms. The van der Waals surface area contributed by atoms with E-state index in [2.05, 4.69) is 20.1 Å². The van der Waals surface area contributed by atoms with Gasteiger partial charge in [0.15, 0.2) is 17.3 Å². The number of nitrogens with two attached hydrogens (primary N) is 2. The highest BCUT2D eigenvalue weighted by molar-refractivity contribution is 5.88. The molecule has 0 saturated carbocycles. The topological polar surface area (TPSA) is 133 Å². The number of anilines is 2. The molecule has 10 nitrogen and oxygen atoms in total. The number of nitrogens with zero attached hydrogens (tertiary/aromatic N) is 7. The summed E-state index contributed by atoms with van der Waals surface area (Å²) < 4.78 is 55.5. The Balaban J connectivity index is 0.000000233. The fourth-order valence-electron chi connectivity index (χ4n) is 4.18. The second-order valence-corrected chi connectivity index (χ2v) is 8.44. The molecule has 192 valence electrons. The van der Waals surface area contributed by atoms with E-state index in [9.17, 15) is 22.4 Å². The van der Waals surface area contributed by atoms with Crippen molar-refractivity contribution >= 4 is 34.4 Å². The highest BCUT2D eigenvalue weighted by Crippen LogP contribution is 2.32. The summed E-state index contributed by atoms with van der Waals surface area (Å²) in [5.74, 6) is -2.87. The van der Waals surface area contributed by atoms with Crippen LogP contribution in [0.4, 0.5) is 29.3 Å². The van der Waals surface area contributed by atoms with Crippen LogP contribution in [0.3, 0.4) is 0 Å². The fraction of sp³-hybridized carbons (Fsp3) is 0.409. The van der Waals surface area contributed by atoms with Crippen LogP contribution in [0.15, 0.2) is 18.3 Å². The van der Waals surface area contributed by atoms with Gasteiger partial charge in [0.2, 0.25) is 11.9 Å². The van der Waals surface area contributed by atoms with Gasteiger partial charge in [0.25, 0.3) is 5.92 Å². The lowest BCUT2D eigenvalue weighted by atomic mass is 10.1. The first-order chi connectivity index (χ1) is 17.0. The summed E-state index contributed by atoms with van der Waals surface area (Å²) in [6.07, 6.45) is 1.48. The molecular formula is C22H25F4N9O. The van der Waals surface area contributed by atoms with Crippen LogP contribution in [0.1, 0.15) is 25.6 Å². The van der Waals surface area contributed by atoms with Gasteiger partial charge in [-0.05, 0) is 25.5 Å². The molecule has 1 amide bonds. The number of carbonyl (C=O) groups is 1. The standard InChI is InChI=1S/C15H14F2N8.C7H11F2NO/c1-7-20-10-3-2-9(21-14(10)24(7)5-4-16)11-8(17)6-25-12(11)13(18)22-15(19)23-25;1-6(11)10-4-2-3-7(8,9)5-10/h2-3,6H,4-5H2,1H3,(H4,18,19,22,23);2-5H2,1H3. The Kier molecular flexibility index (Phi) is 6.69. The van der Waals surface area contributed by atoms with Crippen molar-refractivity contribution in [2.45, 2.75) is 39.2 Å². The molecule has 5 heterocycles. The summed E-state index contributed by atoms with van der Waals surface area (Å²) in [5, 5.41) is 3.93. The molecule has 14 heteroatoms. The van der Waals surface area contributed by atoms with Crippen molar-refractivity contribution in [3.63, 3.8) is 0 Å². The number of hydrogen-bond acceptors (Lipinski definition) is 7. The van der Waals surface area contributed by atoms with Crippen LogP contribution in [0, 0.1) is 12.7 Å². The first-order valence-corrected chi connectivity index (χ1v) is 11.1. The fourth-order valence-corrected chi connectivity index (χ4v) is 4.18. The average molecular weight is 507 g/mol. The smallest absolute Gasteiger partial charge is 0.265 e. The predicted molar refractivity (Wildman–Crippen MR) is 125 cm³/mol. The zero-order valence-corrected chi connectivity index (χ0v) is 19.7. The number of halogens is 4. The van der Waals surface area contributed by atoms with Gasteiger partial charge in [0.05, 0.1) is 30.5 Å². The number of amides is 1. The van der Waals surface area contributed by atoms with Gasteiger partial charge < -0.3 is 20.9 Å². The number of fused-ring (bicyclic) bond motifs is 2. The van der Waals surface area contributed by atoms with E-state index in [-0.39, 0.29) is 41.7 Å². The number of aromatic nitrogens is 6. The van der Waals surface area contributed by atoms with Gasteiger partial charge in [-0.15, -0.1) is 5.10 Å². The number of imidazole rings is 1. The van der Waals surface area contributed by atoms with Gasteiger partial charge in [0.1, 0.15) is 23.5 Å². The van der Waals surface area contributed by atoms with Crippen molar-refractivity contribution < 1.29 is 22.4 Å². The molecule has 1 aliphatic heterocycles. The highest BCUT2D eigenvalue weighted by Gasteiger charge is 2.35. The molecule has 4 aromatic rings. The van der Waals surface area contributed by atoms with Gasteiger partial charge in [-0.1, -0.05) is 0 Å². The van der Waals surface area contributed by atoms with Crippen molar-refractivity contribution in [1.82, 2.24) is 34.0 Å². The molecule has 0 radical (unpaired) electrons. The molecule has 1 saturated heterocycles. The number of alkyl halides is 3. The summed E-state index contributed by atoms with van der Waals surface area (Å²) in [6.45, 7) is 2.73. The molecule has 1 fully saturated rings. The Labute approximate surface area is 202 Å². The van der Waals surface area contributed by atoms with Crippen molar-refractivity contribution in [3.8, 4) is 11.3 Å². The lowest BCUT2D eigenvalue weighted by Crippen LogP contribution is -2.44. The van der Waals surface area contributed by atoms with Crippen LogP contribution in [-0.4, -0.2) is 65.6 Å². The van der Waals surface area contributed by atoms with E-state index in [4.69, 9.17) is 11.5 Å². The number of aryl methyl sites for hydroxylation is 2. The number of pyridine rings is 1. The van der Waals surface area contributed by atoms with Gasteiger partial charge in [-0.25, -0.2) is 32.0 Å². The van der Waals surface area contributed by atoms with Gasteiger partial charge in [-0.3, -0.25) is 4.79 Å². The van der Waals surface area contributed by atoms with Crippen LogP contribution >= 0.6 is 0 Å². The van der Waals surface area contributed by atoms with Crippen LogP contribution in [0.25, 0.3) is 27.9 Å². The second kappa shape index (κ2) is 9.59. The Morgan fingerprint density at radius 3 is 2.58 bits per heavy atom. The van der Waals surface area contributed by atoms with E-state index in [0.29, 0.717) is 35.6 Å². The molecule has 36 heavy (non-hydrogen) atoms. The van der Waals surface area contributed by atoms with Crippen LogP contribution in [0.5, 0.6) is 0 Å². The van der Waals surface area contributed by atoms with Crippen LogP contribution in [0.2, 0.25) is 0 Å². The molecule has 0 atom stereocenters. The Hall–Kier alpha value is -3.97. The van der Waals surface area contributed by atoms with Crippen molar-refractivity contribution in [1.29, 1.82) is 0 Å². The third kappa shape index (κ3) is 4.88. The van der Waals surface area contributed by atoms with Crippen molar-refractivity contribution in [3.05, 3.63) is 30.0 Å². The molecule has 4 N–H and O–H groups in total. The summed E-state index contributed by atoms with van der Waals surface area (Å²) in [7, 11) is 0. The minimum atomic E-state index is -2.66. The maximum absolute atomic E-state index is 14.5. The van der Waals surface area contributed by atoms with E-state index in [1.807, 2.05) is 0 Å². The van der Waals surface area contributed by atoms with Gasteiger partial charge in [-0.2, -0.15) is 4.98 Å². The van der Waals surface area contributed by atoms with E-state index in [1.54, 1.807) is 23.6 Å². The van der Waals surface area contributed by atoms with Gasteiger partial charge >= 0.3 is 0 Å². The molecule has 1 aliphatic rings. The normalized spacial score (nSPS) is 15.2. The number of carbonyl (C=O) groups excluding carboxylic acids is 1. The van der Waals surface area contributed by atoms with Crippen molar-refractivity contribution in [2.75, 3.05) is 31.2 Å². The molecule has 0 aromatic carbocycles. The summed E-state index contributed by atoms with van der Waals surface area (Å²) in [6, 6.07) is 3.33. The number of rotatable bonds is 3. The Morgan fingerprint density at radius 1 is 1.19 bits per heavy atom. The maximum atomic E-state index is 14.5. The van der Waals surface area contributed by atoms with E-state index in [0.717, 1.165) is 6.20 Å². The SMILES string of the molecule is CC(=O)N1CCCC(F)(F)C1.Cc1nc2ccc(-c3c(F)cn4nc(N)nc(N)c34)nc2n1CCF. The first kappa shape index (κ1) is 25.1. The minimum absolute atomic E-state index is 0.0433. The second-order valence-electron chi connectivity index (χ2n) is 8.44. The summed E-state index contributed by atoms with van der Waals surface area (Å²) in [4.78, 5) is 24.6. The minimum Gasteiger partial charge on any atom is -0.382 e. The molecule has 5 rings (SSSR count). The van der Waals surface area contributed by atoms with E-state index < -0.39 is 25.0 Å². The third-order valence-corrected chi connectivity index (χ3v) is 5.81. The quantitative estimate of drug-likeness (QED) is 0.407. The van der Waals surface area contributed by atoms with Crippen LogP contribution in [-0.2, 0) is 11.3 Å². The lowest BCUT2D eigenvalue weighted by Gasteiger charge is -2.31. The average Bonchev–Trinajstić information content (AvgIpc) is 3.29. The molecular weight excluding hydrogens is 482 g/mol. The first-order valence-electron chi connectivity index (χ1n) is 11.1. The Bertz CT molecular complexity index is 1430. The maximum Gasteiger partial charge on any atom is 0.265 e. The highest BCUT2D eigenvalue weighted by atomic mass is 19.3. The molecule has 0 unspecified atom stereocenters. The number of piperidine rings is 1. The van der Waals surface area contributed by atoms with E-state index in [1.165, 1.54) is 16.3 Å². The summed E-state index contributed by atoms with van der Waals surface area (Å²) >= 11 is 0. The summed E-state index contributed by atoms with van der Waals surface area (Å²) in [5.41, 5.74) is 13.3. The van der Waals surface area contributed by atoms with Crippen molar-refractivity contribution in [2.24, 2.45) is 0 Å².